The zero-order valence-electron chi connectivity index (χ0n) is 11.6. The number of aromatic nitrogens is 3. The van der Waals surface area contributed by atoms with Crippen LogP contribution < -0.4 is 5.32 Å². The number of thiophene rings is 1. The fourth-order valence-corrected chi connectivity index (χ4v) is 3.04. The number of hydrogen-bond donors (Lipinski definition) is 1. The molecule has 0 aliphatic heterocycles. The summed E-state index contributed by atoms with van der Waals surface area (Å²) >= 11 is 1.73. The molecule has 0 radical (unpaired) electrons. The molecule has 0 aliphatic carbocycles. The summed E-state index contributed by atoms with van der Waals surface area (Å²) in [6, 6.07) is 6.07. The average Bonchev–Trinajstić information content (AvgIpc) is 2.92. The second-order valence-electron chi connectivity index (χ2n) is 4.45. The van der Waals surface area contributed by atoms with E-state index >= 15 is 0 Å². The molecule has 0 amide bonds. The second kappa shape index (κ2) is 5.54. The van der Waals surface area contributed by atoms with E-state index in [9.17, 15) is 0 Å². The summed E-state index contributed by atoms with van der Waals surface area (Å²) < 4.78 is 0. The first-order valence-corrected chi connectivity index (χ1v) is 7.58. The molecular weight excluding hydrogens is 268 g/mol. The van der Waals surface area contributed by atoms with Crippen molar-refractivity contribution in [3.8, 4) is 11.4 Å². The van der Waals surface area contributed by atoms with Crippen molar-refractivity contribution in [3.05, 3.63) is 35.5 Å². The summed E-state index contributed by atoms with van der Waals surface area (Å²) in [7, 11) is 0. The van der Waals surface area contributed by atoms with E-state index in [0.717, 1.165) is 40.4 Å². The number of rotatable bonds is 4. The van der Waals surface area contributed by atoms with Gasteiger partial charge >= 0.3 is 0 Å². The Bertz CT molecular complexity index is 721. The molecule has 20 heavy (non-hydrogen) atoms. The average molecular weight is 284 g/mol. The second-order valence-corrected chi connectivity index (χ2v) is 5.57. The summed E-state index contributed by atoms with van der Waals surface area (Å²) in [6.07, 6.45) is 4.58. The standard InChI is InChI=1S/C15H16N4S/c1-3-11-8-12-14(17-4-2)18-13(19-15(12)20-11)10-6-5-7-16-9-10/h5-9H,3-4H2,1-2H3,(H,17,18,19). The van der Waals surface area contributed by atoms with Gasteiger partial charge in [-0.15, -0.1) is 11.3 Å². The maximum Gasteiger partial charge on any atom is 0.164 e. The minimum absolute atomic E-state index is 0.728. The van der Waals surface area contributed by atoms with Crippen LogP contribution in [0.15, 0.2) is 30.6 Å². The molecule has 102 valence electrons. The number of nitrogens with one attached hydrogen (secondary N) is 1. The molecule has 3 rings (SSSR count). The maximum absolute atomic E-state index is 4.68. The molecule has 0 saturated heterocycles. The van der Waals surface area contributed by atoms with Crippen LogP contribution in [0.5, 0.6) is 0 Å². The van der Waals surface area contributed by atoms with Gasteiger partial charge in [0.15, 0.2) is 5.82 Å². The first-order chi connectivity index (χ1) is 9.81. The van der Waals surface area contributed by atoms with Gasteiger partial charge in [-0.2, -0.15) is 0 Å². The lowest BCUT2D eigenvalue weighted by atomic mass is 10.2. The van der Waals surface area contributed by atoms with E-state index in [1.165, 1.54) is 4.88 Å². The van der Waals surface area contributed by atoms with E-state index < -0.39 is 0 Å². The first kappa shape index (κ1) is 13.0. The minimum Gasteiger partial charge on any atom is -0.370 e. The van der Waals surface area contributed by atoms with Crippen molar-refractivity contribution in [1.82, 2.24) is 15.0 Å². The summed E-state index contributed by atoms with van der Waals surface area (Å²) in [4.78, 5) is 15.8. The normalized spacial score (nSPS) is 10.9. The Kier molecular flexibility index (Phi) is 3.60. The first-order valence-electron chi connectivity index (χ1n) is 6.76. The lowest BCUT2D eigenvalue weighted by Crippen LogP contribution is -2.02. The predicted octanol–water partition coefficient (Wildman–Crippen LogP) is 3.75. The Morgan fingerprint density at radius 1 is 1.25 bits per heavy atom. The van der Waals surface area contributed by atoms with Crippen LogP contribution in [0.2, 0.25) is 0 Å². The molecule has 0 aromatic carbocycles. The molecule has 4 nitrogen and oxygen atoms in total. The van der Waals surface area contributed by atoms with E-state index in [-0.39, 0.29) is 0 Å². The minimum atomic E-state index is 0.728. The molecule has 0 bridgehead atoms. The van der Waals surface area contributed by atoms with Crippen LogP contribution in [0.3, 0.4) is 0 Å². The molecule has 0 spiro atoms. The van der Waals surface area contributed by atoms with Crippen LogP contribution in [0.1, 0.15) is 18.7 Å². The molecule has 3 heterocycles. The molecule has 0 fully saturated rings. The SMILES string of the molecule is CCNc1nc(-c2cccnc2)nc2sc(CC)cc12. The third kappa shape index (κ3) is 2.36. The molecule has 0 aliphatic rings. The van der Waals surface area contributed by atoms with Gasteiger partial charge in [0.2, 0.25) is 0 Å². The van der Waals surface area contributed by atoms with Gasteiger partial charge in [-0.05, 0) is 31.5 Å². The number of fused-ring (bicyclic) bond motifs is 1. The highest BCUT2D eigenvalue weighted by atomic mass is 32.1. The summed E-state index contributed by atoms with van der Waals surface area (Å²) in [5.41, 5.74) is 0.944. The number of anilines is 1. The number of nitrogens with zero attached hydrogens (tertiary/aromatic N) is 3. The Hall–Kier alpha value is -2.01. The molecule has 0 unspecified atom stereocenters. The fourth-order valence-electron chi connectivity index (χ4n) is 2.07. The van der Waals surface area contributed by atoms with E-state index in [0.29, 0.717) is 0 Å². The highest BCUT2D eigenvalue weighted by molar-refractivity contribution is 7.18. The van der Waals surface area contributed by atoms with E-state index in [4.69, 9.17) is 0 Å². The third-order valence-electron chi connectivity index (χ3n) is 3.06. The van der Waals surface area contributed by atoms with Crippen LogP contribution in [0.25, 0.3) is 21.6 Å². The molecule has 5 heteroatoms. The predicted molar refractivity (Wildman–Crippen MR) is 84.2 cm³/mol. The smallest absolute Gasteiger partial charge is 0.164 e. The fraction of sp³-hybridized carbons (Fsp3) is 0.267. The monoisotopic (exact) mass is 284 g/mol. The van der Waals surface area contributed by atoms with Crippen molar-refractivity contribution in [1.29, 1.82) is 0 Å². The van der Waals surface area contributed by atoms with Gasteiger partial charge in [-0.3, -0.25) is 4.98 Å². The Labute approximate surface area is 121 Å². The van der Waals surface area contributed by atoms with Crippen molar-refractivity contribution >= 4 is 27.4 Å². The van der Waals surface area contributed by atoms with Gasteiger partial charge in [-0.1, -0.05) is 6.92 Å². The molecule has 3 aromatic rings. The molecule has 1 N–H and O–H groups in total. The van der Waals surface area contributed by atoms with Gasteiger partial charge in [0, 0.05) is 29.4 Å². The Balaban J connectivity index is 2.19. The van der Waals surface area contributed by atoms with Crippen molar-refractivity contribution in [3.63, 3.8) is 0 Å². The number of aryl methyl sites for hydroxylation is 1. The number of hydrogen-bond acceptors (Lipinski definition) is 5. The summed E-state index contributed by atoms with van der Waals surface area (Å²) in [6.45, 7) is 5.08. The van der Waals surface area contributed by atoms with Crippen LogP contribution in [-0.2, 0) is 6.42 Å². The maximum atomic E-state index is 4.68. The lowest BCUT2D eigenvalue weighted by molar-refractivity contribution is 1.14. The van der Waals surface area contributed by atoms with Crippen LogP contribution in [0, 0.1) is 0 Å². The lowest BCUT2D eigenvalue weighted by Gasteiger charge is -2.06. The third-order valence-corrected chi connectivity index (χ3v) is 4.23. The van der Waals surface area contributed by atoms with Gasteiger partial charge in [0.25, 0.3) is 0 Å². The summed E-state index contributed by atoms with van der Waals surface area (Å²) in [5.74, 6) is 1.64. The highest BCUT2D eigenvalue weighted by Crippen LogP contribution is 2.31. The van der Waals surface area contributed by atoms with Crippen LogP contribution in [0.4, 0.5) is 5.82 Å². The largest absolute Gasteiger partial charge is 0.370 e. The molecule has 0 atom stereocenters. The molecule has 3 aromatic heterocycles. The van der Waals surface area contributed by atoms with Crippen molar-refractivity contribution < 1.29 is 0 Å². The summed E-state index contributed by atoms with van der Waals surface area (Å²) in [5, 5.41) is 4.45. The van der Waals surface area contributed by atoms with Crippen molar-refractivity contribution in [2.24, 2.45) is 0 Å². The number of pyridine rings is 1. The van der Waals surface area contributed by atoms with Gasteiger partial charge in [-0.25, -0.2) is 9.97 Å². The van der Waals surface area contributed by atoms with Crippen molar-refractivity contribution in [2.45, 2.75) is 20.3 Å². The van der Waals surface area contributed by atoms with Gasteiger partial charge in [0.05, 0.1) is 5.39 Å². The van der Waals surface area contributed by atoms with E-state index in [1.807, 2.05) is 12.1 Å². The van der Waals surface area contributed by atoms with Gasteiger partial charge < -0.3 is 5.32 Å². The Morgan fingerprint density at radius 3 is 2.85 bits per heavy atom. The molecule has 0 saturated carbocycles. The van der Waals surface area contributed by atoms with E-state index in [2.05, 4.69) is 40.2 Å². The highest BCUT2D eigenvalue weighted by Gasteiger charge is 2.12. The van der Waals surface area contributed by atoms with Crippen LogP contribution in [-0.4, -0.2) is 21.5 Å². The quantitative estimate of drug-likeness (QED) is 0.792. The molecular formula is C15H16N4S. The zero-order chi connectivity index (χ0) is 13.9. The van der Waals surface area contributed by atoms with Crippen molar-refractivity contribution in [2.75, 3.05) is 11.9 Å². The topological polar surface area (TPSA) is 50.7 Å². The van der Waals surface area contributed by atoms with Gasteiger partial charge in [0.1, 0.15) is 10.6 Å². The van der Waals surface area contributed by atoms with Crippen LogP contribution >= 0.6 is 11.3 Å². The van der Waals surface area contributed by atoms with E-state index in [1.54, 1.807) is 23.7 Å². The Morgan fingerprint density at radius 2 is 2.15 bits per heavy atom. The zero-order valence-corrected chi connectivity index (χ0v) is 12.4.